The number of methoxy groups -OCH3 is 2. The molecule has 0 saturated carbocycles. The first-order chi connectivity index (χ1) is 17.5. The van der Waals surface area contributed by atoms with E-state index in [2.05, 4.69) is 10.1 Å². The lowest BCUT2D eigenvalue weighted by Crippen LogP contribution is -2.39. The van der Waals surface area contributed by atoms with E-state index in [-0.39, 0.29) is 18.0 Å². The Hall–Kier alpha value is -4.66. The van der Waals surface area contributed by atoms with E-state index in [1.54, 1.807) is 68.8 Å². The molecule has 5 rings (SSSR count). The van der Waals surface area contributed by atoms with Gasteiger partial charge in [-0.1, -0.05) is 36.3 Å². The monoisotopic (exact) mass is 484 g/mol. The predicted octanol–water partition coefficient (Wildman–Crippen LogP) is 3.83. The van der Waals surface area contributed by atoms with Crippen LogP contribution in [0.5, 0.6) is 11.5 Å². The van der Waals surface area contributed by atoms with Gasteiger partial charge in [0.05, 0.1) is 30.8 Å². The molecule has 0 fully saturated rings. The summed E-state index contributed by atoms with van der Waals surface area (Å²) in [6.45, 7) is 2.04. The zero-order chi connectivity index (χ0) is 25.2. The molecule has 0 atom stereocenters. The maximum absolute atomic E-state index is 13.6. The molecule has 5 aromatic rings. The van der Waals surface area contributed by atoms with Crippen LogP contribution in [0.15, 0.2) is 80.8 Å². The predicted molar refractivity (Wildman–Crippen MR) is 135 cm³/mol. The first-order valence-electron chi connectivity index (χ1n) is 11.4. The van der Waals surface area contributed by atoms with E-state index in [1.165, 1.54) is 9.13 Å². The summed E-state index contributed by atoms with van der Waals surface area (Å²) in [5.74, 6) is 1.67. The molecule has 0 aliphatic carbocycles. The first kappa shape index (κ1) is 23.1. The lowest BCUT2D eigenvalue weighted by atomic mass is 10.1. The maximum Gasteiger partial charge on any atom is 0.336 e. The van der Waals surface area contributed by atoms with E-state index in [9.17, 15) is 9.59 Å². The zero-order valence-corrected chi connectivity index (χ0v) is 20.1. The minimum Gasteiger partial charge on any atom is -0.493 e. The summed E-state index contributed by atoms with van der Waals surface area (Å²) in [5.41, 5.74) is 1.89. The number of nitrogens with zero attached hydrogens (tertiary/aromatic N) is 4. The van der Waals surface area contributed by atoms with E-state index < -0.39 is 5.69 Å². The Balaban J connectivity index is 1.59. The van der Waals surface area contributed by atoms with E-state index in [0.717, 1.165) is 12.0 Å². The van der Waals surface area contributed by atoms with Crippen molar-refractivity contribution < 1.29 is 14.0 Å². The highest BCUT2D eigenvalue weighted by Gasteiger charge is 2.18. The van der Waals surface area contributed by atoms with Crippen molar-refractivity contribution in [1.29, 1.82) is 0 Å². The maximum atomic E-state index is 13.6. The van der Waals surface area contributed by atoms with Gasteiger partial charge >= 0.3 is 5.69 Å². The van der Waals surface area contributed by atoms with Crippen molar-refractivity contribution in [3.8, 4) is 28.6 Å². The molecule has 0 unspecified atom stereocenters. The van der Waals surface area contributed by atoms with Crippen LogP contribution in [0.2, 0.25) is 0 Å². The highest BCUT2D eigenvalue weighted by Crippen LogP contribution is 2.31. The second kappa shape index (κ2) is 9.53. The molecule has 0 N–H and O–H groups in total. The molecular formula is C27H24N4O5. The fourth-order valence-electron chi connectivity index (χ4n) is 4.13. The standard InChI is InChI=1S/C27H24N4O5/c1-4-17-9-12-19(13-10-17)31-26(32)20-7-5-6-8-21(20)30(27(31)33)16-24-28-25(29-36-24)18-11-14-22(34-2)23(15-18)35-3/h5-15H,4,16H2,1-3H3. The Morgan fingerprint density at radius 1 is 0.917 bits per heavy atom. The van der Waals surface area contributed by atoms with Crippen molar-refractivity contribution in [3.63, 3.8) is 0 Å². The second-order valence-corrected chi connectivity index (χ2v) is 8.13. The van der Waals surface area contributed by atoms with Gasteiger partial charge in [0, 0.05) is 5.56 Å². The zero-order valence-electron chi connectivity index (χ0n) is 20.1. The van der Waals surface area contributed by atoms with Crippen LogP contribution >= 0.6 is 0 Å². The Labute approximate surface area is 206 Å². The minimum atomic E-state index is -0.492. The molecule has 9 heteroatoms. The summed E-state index contributed by atoms with van der Waals surface area (Å²) in [5, 5.41) is 4.49. The third-order valence-electron chi connectivity index (χ3n) is 6.06. The number of rotatable bonds is 7. The van der Waals surface area contributed by atoms with Gasteiger partial charge in [0.1, 0.15) is 6.54 Å². The summed E-state index contributed by atoms with van der Waals surface area (Å²) in [7, 11) is 3.11. The minimum absolute atomic E-state index is 0.00698. The van der Waals surface area contributed by atoms with Gasteiger partial charge in [0.15, 0.2) is 11.5 Å². The number of ether oxygens (including phenoxy) is 2. The number of aryl methyl sites for hydroxylation is 1. The van der Waals surface area contributed by atoms with Crippen LogP contribution in [0.1, 0.15) is 18.4 Å². The average molecular weight is 485 g/mol. The summed E-state index contributed by atoms with van der Waals surface area (Å²) in [6, 6.07) is 19.6. The Morgan fingerprint density at radius 3 is 2.39 bits per heavy atom. The van der Waals surface area contributed by atoms with E-state index >= 15 is 0 Å². The van der Waals surface area contributed by atoms with Crippen LogP contribution in [-0.4, -0.2) is 33.5 Å². The van der Waals surface area contributed by atoms with Crippen molar-refractivity contribution in [1.82, 2.24) is 19.3 Å². The number of benzene rings is 3. The number of para-hydroxylation sites is 1. The highest BCUT2D eigenvalue weighted by atomic mass is 16.5. The first-order valence-corrected chi connectivity index (χ1v) is 11.4. The fraction of sp³-hybridized carbons (Fsp3) is 0.185. The Morgan fingerprint density at radius 2 is 1.67 bits per heavy atom. The third-order valence-corrected chi connectivity index (χ3v) is 6.06. The molecule has 0 amide bonds. The van der Waals surface area contributed by atoms with Gasteiger partial charge < -0.3 is 14.0 Å². The number of hydrogen-bond donors (Lipinski definition) is 0. The Kier molecular flexibility index (Phi) is 6.12. The van der Waals surface area contributed by atoms with Crippen LogP contribution < -0.4 is 20.7 Å². The number of fused-ring (bicyclic) bond motifs is 1. The van der Waals surface area contributed by atoms with E-state index in [0.29, 0.717) is 39.5 Å². The highest BCUT2D eigenvalue weighted by molar-refractivity contribution is 5.78. The molecule has 2 heterocycles. The SMILES string of the molecule is CCc1ccc(-n2c(=O)c3ccccc3n(Cc3nc(-c4ccc(OC)c(OC)c4)no3)c2=O)cc1. The van der Waals surface area contributed by atoms with Crippen molar-refractivity contribution in [3.05, 3.63) is 99.0 Å². The van der Waals surface area contributed by atoms with Gasteiger partial charge in [-0.3, -0.25) is 9.36 Å². The molecule has 0 aliphatic heterocycles. The lowest BCUT2D eigenvalue weighted by Gasteiger charge is -2.13. The molecule has 0 bridgehead atoms. The Bertz CT molecular complexity index is 1660. The molecule has 182 valence electrons. The van der Waals surface area contributed by atoms with Crippen LogP contribution in [0, 0.1) is 0 Å². The fourth-order valence-corrected chi connectivity index (χ4v) is 4.13. The largest absolute Gasteiger partial charge is 0.493 e. The van der Waals surface area contributed by atoms with Crippen LogP contribution in [-0.2, 0) is 13.0 Å². The second-order valence-electron chi connectivity index (χ2n) is 8.13. The quantitative estimate of drug-likeness (QED) is 0.346. The molecule has 0 saturated heterocycles. The molecule has 36 heavy (non-hydrogen) atoms. The molecule has 2 aromatic heterocycles. The smallest absolute Gasteiger partial charge is 0.336 e. The lowest BCUT2D eigenvalue weighted by molar-refractivity contribution is 0.355. The van der Waals surface area contributed by atoms with Crippen molar-refractivity contribution in [2.75, 3.05) is 14.2 Å². The molecule has 0 aliphatic rings. The van der Waals surface area contributed by atoms with Gasteiger partial charge in [-0.2, -0.15) is 4.98 Å². The van der Waals surface area contributed by atoms with Crippen molar-refractivity contribution >= 4 is 10.9 Å². The third kappa shape index (κ3) is 4.04. The summed E-state index contributed by atoms with van der Waals surface area (Å²) in [6.07, 6.45) is 0.858. The normalized spacial score (nSPS) is 11.1. The molecule has 0 spiro atoms. The van der Waals surface area contributed by atoms with Crippen LogP contribution in [0.3, 0.4) is 0 Å². The van der Waals surface area contributed by atoms with Gasteiger partial charge in [-0.25, -0.2) is 9.36 Å². The summed E-state index contributed by atoms with van der Waals surface area (Å²) in [4.78, 5) is 31.4. The molecule has 0 radical (unpaired) electrons. The topological polar surface area (TPSA) is 101 Å². The van der Waals surface area contributed by atoms with Gasteiger partial charge in [0.2, 0.25) is 11.7 Å². The average Bonchev–Trinajstić information content (AvgIpc) is 3.40. The number of hydrogen-bond acceptors (Lipinski definition) is 7. The summed E-state index contributed by atoms with van der Waals surface area (Å²) < 4.78 is 18.8. The van der Waals surface area contributed by atoms with Gasteiger partial charge in [-0.05, 0) is 54.4 Å². The van der Waals surface area contributed by atoms with Crippen molar-refractivity contribution in [2.24, 2.45) is 0 Å². The van der Waals surface area contributed by atoms with Crippen LogP contribution in [0.25, 0.3) is 28.0 Å². The van der Waals surface area contributed by atoms with Crippen molar-refractivity contribution in [2.45, 2.75) is 19.9 Å². The molecule has 3 aromatic carbocycles. The van der Waals surface area contributed by atoms with Crippen LogP contribution in [0.4, 0.5) is 0 Å². The summed E-state index contributed by atoms with van der Waals surface area (Å²) >= 11 is 0. The van der Waals surface area contributed by atoms with Gasteiger partial charge in [-0.15, -0.1) is 0 Å². The van der Waals surface area contributed by atoms with E-state index in [4.69, 9.17) is 14.0 Å². The molecular weight excluding hydrogens is 460 g/mol. The van der Waals surface area contributed by atoms with E-state index in [1.807, 2.05) is 19.1 Å². The number of aromatic nitrogens is 4. The van der Waals surface area contributed by atoms with Gasteiger partial charge in [0.25, 0.3) is 5.56 Å². The molecule has 9 nitrogen and oxygen atoms in total.